The number of alkyl halides is 1. The van der Waals surface area contributed by atoms with E-state index in [4.69, 9.17) is 25.8 Å². The fraction of sp³-hybridized carbons (Fsp3) is 0.333. The molecule has 0 N–H and O–H groups in total. The summed E-state index contributed by atoms with van der Waals surface area (Å²) in [4.78, 5) is 0. The van der Waals surface area contributed by atoms with Gasteiger partial charge in [-0.1, -0.05) is 12.1 Å². The van der Waals surface area contributed by atoms with Crippen molar-refractivity contribution in [3.8, 4) is 17.2 Å². The van der Waals surface area contributed by atoms with E-state index in [1.807, 2.05) is 30.3 Å². The summed E-state index contributed by atoms with van der Waals surface area (Å²) in [6.07, 6.45) is 0.825. The zero-order valence-electron chi connectivity index (χ0n) is 11.1. The molecule has 19 heavy (non-hydrogen) atoms. The van der Waals surface area contributed by atoms with Gasteiger partial charge in [-0.2, -0.15) is 0 Å². The SMILES string of the molecule is COc1ccc2c(OCCCCl)cccc2c1OC. The lowest BCUT2D eigenvalue weighted by molar-refractivity contribution is 0.322. The Balaban J connectivity index is 2.45. The topological polar surface area (TPSA) is 27.7 Å². The Hall–Kier alpha value is -1.61. The highest BCUT2D eigenvalue weighted by Crippen LogP contribution is 2.38. The van der Waals surface area contributed by atoms with Crippen LogP contribution in [0.15, 0.2) is 30.3 Å². The van der Waals surface area contributed by atoms with Crippen molar-refractivity contribution in [3.05, 3.63) is 30.3 Å². The Bertz CT molecular complexity index is 554. The van der Waals surface area contributed by atoms with Crippen molar-refractivity contribution in [1.29, 1.82) is 0 Å². The predicted octanol–water partition coefficient (Wildman–Crippen LogP) is 3.86. The summed E-state index contributed by atoms with van der Waals surface area (Å²) in [6.45, 7) is 0.608. The lowest BCUT2D eigenvalue weighted by Crippen LogP contribution is -1.99. The lowest BCUT2D eigenvalue weighted by Gasteiger charge is -2.13. The molecule has 0 atom stereocenters. The van der Waals surface area contributed by atoms with Gasteiger partial charge in [0, 0.05) is 16.7 Å². The molecule has 0 aliphatic heterocycles. The minimum Gasteiger partial charge on any atom is -0.493 e. The molecule has 0 radical (unpaired) electrons. The van der Waals surface area contributed by atoms with Gasteiger partial charge in [-0.3, -0.25) is 0 Å². The van der Waals surface area contributed by atoms with E-state index < -0.39 is 0 Å². The first kappa shape index (κ1) is 13.8. The third-order valence-corrected chi connectivity index (χ3v) is 3.16. The van der Waals surface area contributed by atoms with Crippen LogP contribution in [-0.2, 0) is 0 Å². The molecular weight excluding hydrogens is 264 g/mol. The van der Waals surface area contributed by atoms with Crippen LogP contribution in [0.25, 0.3) is 10.8 Å². The first-order valence-electron chi connectivity index (χ1n) is 6.14. The van der Waals surface area contributed by atoms with Gasteiger partial charge < -0.3 is 14.2 Å². The van der Waals surface area contributed by atoms with Crippen LogP contribution in [0.2, 0.25) is 0 Å². The Kier molecular flexibility index (Phi) is 4.74. The minimum atomic E-state index is 0.599. The number of halogens is 1. The summed E-state index contributed by atoms with van der Waals surface area (Å²) in [5.41, 5.74) is 0. The monoisotopic (exact) mass is 280 g/mol. The van der Waals surface area contributed by atoms with Crippen LogP contribution in [0, 0.1) is 0 Å². The number of rotatable bonds is 6. The molecule has 102 valence electrons. The molecule has 0 unspecified atom stereocenters. The number of hydrogen-bond donors (Lipinski definition) is 0. The Morgan fingerprint density at radius 1 is 0.947 bits per heavy atom. The molecule has 2 aromatic carbocycles. The van der Waals surface area contributed by atoms with E-state index >= 15 is 0 Å². The van der Waals surface area contributed by atoms with E-state index in [1.165, 1.54) is 0 Å². The molecule has 0 aliphatic carbocycles. The maximum absolute atomic E-state index is 5.75. The van der Waals surface area contributed by atoms with Gasteiger partial charge in [-0.25, -0.2) is 0 Å². The summed E-state index contributed by atoms with van der Waals surface area (Å²) >= 11 is 5.66. The highest BCUT2D eigenvalue weighted by Gasteiger charge is 2.11. The van der Waals surface area contributed by atoms with E-state index in [0.29, 0.717) is 18.2 Å². The van der Waals surface area contributed by atoms with Gasteiger partial charge in [0.05, 0.1) is 20.8 Å². The van der Waals surface area contributed by atoms with Crippen LogP contribution in [0.5, 0.6) is 17.2 Å². The normalized spacial score (nSPS) is 10.5. The number of benzene rings is 2. The molecule has 0 saturated carbocycles. The third kappa shape index (κ3) is 2.87. The van der Waals surface area contributed by atoms with Crippen molar-refractivity contribution in [2.75, 3.05) is 26.7 Å². The number of fused-ring (bicyclic) bond motifs is 1. The van der Waals surface area contributed by atoms with Crippen LogP contribution in [0.1, 0.15) is 6.42 Å². The number of methoxy groups -OCH3 is 2. The largest absolute Gasteiger partial charge is 0.493 e. The zero-order valence-corrected chi connectivity index (χ0v) is 11.9. The highest BCUT2D eigenvalue weighted by molar-refractivity contribution is 6.17. The molecule has 0 fully saturated rings. The molecule has 2 rings (SSSR count). The Labute approximate surface area is 118 Å². The van der Waals surface area contributed by atoms with Crippen LogP contribution in [-0.4, -0.2) is 26.7 Å². The summed E-state index contributed by atoms with van der Waals surface area (Å²) in [7, 11) is 3.27. The van der Waals surface area contributed by atoms with Crippen molar-refractivity contribution in [2.45, 2.75) is 6.42 Å². The molecular formula is C15H17ClO3. The summed E-state index contributed by atoms with van der Waals surface area (Å²) in [6, 6.07) is 9.75. The van der Waals surface area contributed by atoms with Crippen molar-refractivity contribution >= 4 is 22.4 Å². The average molecular weight is 281 g/mol. The van der Waals surface area contributed by atoms with Gasteiger partial charge in [0.25, 0.3) is 0 Å². The van der Waals surface area contributed by atoms with Crippen molar-refractivity contribution in [1.82, 2.24) is 0 Å². The van der Waals surface area contributed by atoms with Gasteiger partial charge in [0.15, 0.2) is 11.5 Å². The lowest BCUT2D eigenvalue weighted by atomic mass is 10.1. The minimum absolute atomic E-state index is 0.599. The molecule has 2 aromatic rings. The quantitative estimate of drug-likeness (QED) is 0.594. The zero-order chi connectivity index (χ0) is 13.7. The maximum Gasteiger partial charge on any atom is 0.168 e. The molecule has 0 saturated heterocycles. The van der Waals surface area contributed by atoms with Gasteiger partial charge in [-0.15, -0.1) is 11.6 Å². The van der Waals surface area contributed by atoms with Gasteiger partial charge in [-0.05, 0) is 24.6 Å². The molecule has 4 heteroatoms. The van der Waals surface area contributed by atoms with E-state index in [1.54, 1.807) is 14.2 Å². The highest BCUT2D eigenvalue weighted by atomic mass is 35.5. The van der Waals surface area contributed by atoms with E-state index in [0.717, 1.165) is 28.7 Å². The molecule has 0 amide bonds. The first-order chi connectivity index (χ1) is 9.31. The Morgan fingerprint density at radius 2 is 1.79 bits per heavy atom. The van der Waals surface area contributed by atoms with E-state index in [-0.39, 0.29) is 0 Å². The standard InChI is InChI=1S/C15H17ClO3/c1-17-14-8-7-11-12(15(14)18-2)5-3-6-13(11)19-10-4-9-16/h3,5-8H,4,9-10H2,1-2H3. The van der Waals surface area contributed by atoms with E-state index in [9.17, 15) is 0 Å². The molecule has 3 nitrogen and oxygen atoms in total. The van der Waals surface area contributed by atoms with Crippen LogP contribution >= 0.6 is 11.6 Å². The average Bonchev–Trinajstić information content (AvgIpc) is 2.46. The van der Waals surface area contributed by atoms with Gasteiger partial charge >= 0.3 is 0 Å². The summed E-state index contributed by atoms with van der Waals surface area (Å²) < 4.78 is 16.5. The molecule has 0 heterocycles. The second-order valence-corrected chi connectivity index (χ2v) is 4.42. The van der Waals surface area contributed by atoms with Crippen molar-refractivity contribution < 1.29 is 14.2 Å². The van der Waals surface area contributed by atoms with Crippen molar-refractivity contribution in [3.63, 3.8) is 0 Å². The first-order valence-corrected chi connectivity index (χ1v) is 6.67. The number of ether oxygens (including phenoxy) is 3. The van der Waals surface area contributed by atoms with E-state index in [2.05, 4.69) is 0 Å². The van der Waals surface area contributed by atoms with Crippen molar-refractivity contribution in [2.24, 2.45) is 0 Å². The number of hydrogen-bond acceptors (Lipinski definition) is 3. The maximum atomic E-state index is 5.75. The molecule has 0 bridgehead atoms. The smallest absolute Gasteiger partial charge is 0.168 e. The summed E-state index contributed by atoms with van der Waals surface area (Å²) in [5, 5.41) is 1.99. The van der Waals surface area contributed by atoms with Crippen LogP contribution in [0.4, 0.5) is 0 Å². The Morgan fingerprint density at radius 3 is 2.47 bits per heavy atom. The second kappa shape index (κ2) is 6.53. The van der Waals surface area contributed by atoms with Gasteiger partial charge in [0.1, 0.15) is 5.75 Å². The third-order valence-electron chi connectivity index (χ3n) is 2.90. The molecule has 0 aromatic heterocycles. The van der Waals surface area contributed by atoms with Gasteiger partial charge in [0.2, 0.25) is 0 Å². The second-order valence-electron chi connectivity index (χ2n) is 4.04. The fourth-order valence-electron chi connectivity index (χ4n) is 2.02. The molecule has 0 spiro atoms. The van der Waals surface area contributed by atoms with Crippen LogP contribution < -0.4 is 14.2 Å². The predicted molar refractivity (Wildman–Crippen MR) is 77.9 cm³/mol. The summed E-state index contributed by atoms with van der Waals surface area (Å²) in [5.74, 6) is 2.88. The van der Waals surface area contributed by atoms with Crippen LogP contribution in [0.3, 0.4) is 0 Å². The fourth-order valence-corrected chi connectivity index (χ4v) is 2.12. The molecule has 0 aliphatic rings.